The lowest BCUT2D eigenvalue weighted by Gasteiger charge is -2.20. The van der Waals surface area contributed by atoms with E-state index in [0.29, 0.717) is 5.92 Å². The van der Waals surface area contributed by atoms with Gasteiger partial charge in [0.1, 0.15) is 12.4 Å². The highest BCUT2D eigenvalue weighted by Crippen LogP contribution is 2.12. The molecular weight excluding hydrogens is 286 g/mol. The molecule has 5 nitrogen and oxygen atoms in total. The van der Waals surface area contributed by atoms with Crippen molar-refractivity contribution in [1.82, 2.24) is 4.57 Å². The molecule has 0 saturated carbocycles. The van der Waals surface area contributed by atoms with Gasteiger partial charge in [0, 0.05) is 0 Å². The first-order valence-electron chi connectivity index (χ1n) is 8.56. The quantitative estimate of drug-likeness (QED) is 0.502. The van der Waals surface area contributed by atoms with E-state index >= 15 is 0 Å². The van der Waals surface area contributed by atoms with Crippen LogP contribution in [0.3, 0.4) is 0 Å². The summed E-state index contributed by atoms with van der Waals surface area (Å²) in [6.45, 7) is 3.14. The molecule has 1 atom stereocenters. The van der Waals surface area contributed by atoms with Gasteiger partial charge in [-0.2, -0.15) is 9.14 Å². The van der Waals surface area contributed by atoms with Crippen molar-refractivity contribution in [3.05, 3.63) is 31.0 Å². The predicted octanol–water partition coefficient (Wildman–Crippen LogP) is 1.11. The highest BCUT2D eigenvalue weighted by Gasteiger charge is 2.21. The third kappa shape index (κ3) is 6.67. The van der Waals surface area contributed by atoms with Crippen LogP contribution in [0.15, 0.2) is 31.0 Å². The largest absolute Gasteiger partial charge is 0.295 e. The van der Waals surface area contributed by atoms with Crippen molar-refractivity contribution in [2.45, 2.75) is 26.1 Å². The number of rotatable bonds is 8. The van der Waals surface area contributed by atoms with Crippen LogP contribution in [0.1, 0.15) is 12.8 Å². The van der Waals surface area contributed by atoms with Gasteiger partial charge in [0.25, 0.3) is 6.67 Å². The van der Waals surface area contributed by atoms with Gasteiger partial charge in [-0.15, -0.1) is 0 Å². The maximum atomic E-state index is 2.37. The first-order chi connectivity index (χ1) is 10.6. The molecule has 1 unspecified atom stereocenters. The van der Waals surface area contributed by atoms with E-state index in [9.17, 15) is 0 Å². The predicted molar refractivity (Wildman–Crippen MR) is 93.7 cm³/mol. The van der Waals surface area contributed by atoms with Gasteiger partial charge in [-0.25, -0.2) is 4.57 Å². The molecule has 23 heavy (non-hydrogen) atoms. The molecule has 2 rings (SSSR count). The van der Waals surface area contributed by atoms with Gasteiger partial charge < -0.3 is 0 Å². The monoisotopic (exact) mass is 321 g/mol. The van der Waals surface area contributed by atoms with E-state index < -0.39 is 0 Å². The highest BCUT2D eigenvalue weighted by atomic mass is 15.4. The fraction of sp³-hybridized carbons (Fsp3) is 0.667. The van der Waals surface area contributed by atoms with E-state index in [1.54, 1.807) is 0 Å². The number of allylic oxidation sites excluding steroid dienone is 1. The van der Waals surface area contributed by atoms with Crippen molar-refractivity contribution in [2.24, 2.45) is 5.92 Å². The Kier molecular flexibility index (Phi) is 5.42. The summed E-state index contributed by atoms with van der Waals surface area (Å²) in [6, 6.07) is 0. The van der Waals surface area contributed by atoms with Crippen molar-refractivity contribution in [3.8, 4) is 0 Å². The average Bonchev–Trinajstić information content (AvgIpc) is 2.95. The second kappa shape index (κ2) is 6.97. The Balaban J connectivity index is 1.75. The van der Waals surface area contributed by atoms with E-state index in [4.69, 9.17) is 0 Å². The summed E-state index contributed by atoms with van der Waals surface area (Å²) in [6.07, 6.45) is 16.0. The van der Waals surface area contributed by atoms with Crippen molar-refractivity contribution in [1.29, 1.82) is 0 Å². The molecule has 0 spiro atoms. The van der Waals surface area contributed by atoms with E-state index in [-0.39, 0.29) is 0 Å². The molecular formula is C18H35N5+4. The minimum Gasteiger partial charge on any atom is -0.295 e. The van der Waals surface area contributed by atoms with Gasteiger partial charge in [-0.3, -0.25) is 8.97 Å². The van der Waals surface area contributed by atoms with Crippen LogP contribution in [0.5, 0.6) is 0 Å². The number of aryl methyl sites for hydroxylation is 1. The summed E-state index contributed by atoms with van der Waals surface area (Å²) in [4.78, 5) is 0. The maximum Gasteiger partial charge on any atom is 0.275 e. The molecule has 0 aromatic carbocycles. The minimum absolute atomic E-state index is 0.593. The molecule has 0 aliphatic carbocycles. The molecule has 1 aliphatic heterocycles. The lowest BCUT2D eigenvalue weighted by atomic mass is 10.1. The Labute approximate surface area is 141 Å². The van der Waals surface area contributed by atoms with Crippen molar-refractivity contribution in [2.75, 3.05) is 49.0 Å². The highest BCUT2D eigenvalue weighted by molar-refractivity contribution is 5.60. The molecule has 0 fully saturated rings. The second-order valence-electron chi connectivity index (χ2n) is 8.84. The summed E-state index contributed by atoms with van der Waals surface area (Å²) in [7, 11) is 13.3. The number of quaternary nitrogens is 2. The van der Waals surface area contributed by atoms with E-state index in [1.807, 2.05) is 0 Å². The third-order valence-corrected chi connectivity index (χ3v) is 3.78. The Bertz CT molecular complexity index is 569. The molecule has 1 aliphatic rings. The fourth-order valence-corrected chi connectivity index (χ4v) is 2.98. The molecule has 1 aromatic heterocycles. The van der Waals surface area contributed by atoms with Gasteiger partial charge in [0.2, 0.25) is 13.0 Å². The van der Waals surface area contributed by atoms with E-state index in [1.165, 1.54) is 12.8 Å². The molecule has 0 saturated heterocycles. The molecule has 0 radical (unpaired) electrons. The topological polar surface area (TPSA) is 11.8 Å². The fourth-order valence-electron chi connectivity index (χ4n) is 2.98. The van der Waals surface area contributed by atoms with Gasteiger partial charge in [-0.05, 0) is 18.9 Å². The lowest BCUT2D eigenvalue weighted by molar-refractivity contribution is -1.02. The molecule has 0 amide bonds. The summed E-state index contributed by atoms with van der Waals surface area (Å²) < 4.78 is 8.81. The zero-order chi connectivity index (χ0) is 17.1. The Hall–Kier alpha value is -1.46. The summed E-state index contributed by atoms with van der Waals surface area (Å²) in [5.74, 6) is 0.593. The number of imidazole rings is 1. The van der Waals surface area contributed by atoms with Crippen LogP contribution in [0.4, 0.5) is 0 Å². The SMILES string of the molecule is C[N+](C)(C)C[N+]1=CC(CCCn2cc[n+](C[N+](C)(C)C)c2)C=C1. The van der Waals surface area contributed by atoms with E-state index in [2.05, 4.69) is 93.2 Å². The van der Waals surface area contributed by atoms with Gasteiger partial charge >= 0.3 is 0 Å². The molecule has 0 bridgehead atoms. The molecule has 128 valence electrons. The second-order valence-corrected chi connectivity index (χ2v) is 8.84. The van der Waals surface area contributed by atoms with Crippen molar-refractivity contribution < 1.29 is 18.1 Å². The Morgan fingerprint density at radius 3 is 2.35 bits per heavy atom. The van der Waals surface area contributed by atoms with Crippen LogP contribution < -0.4 is 4.57 Å². The van der Waals surface area contributed by atoms with Crippen LogP contribution in [0.25, 0.3) is 0 Å². The normalized spacial score (nSPS) is 18.5. The smallest absolute Gasteiger partial charge is 0.275 e. The number of hydrogen-bond acceptors (Lipinski definition) is 0. The van der Waals surface area contributed by atoms with Crippen LogP contribution in [-0.4, -0.2) is 73.3 Å². The molecule has 1 aromatic rings. The summed E-state index contributed by atoms with van der Waals surface area (Å²) in [5.41, 5.74) is 0. The van der Waals surface area contributed by atoms with E-state index in [0.717, 1.165) is 28.8 Å². The molecule has 2 heterocycles. The first-order valence-corrected chi connectivity index (χ1v) is 8.56. The van der Waals surface area contributed by atoms with Crippen molar-refractivity contribution in [3.63, 3.8) is 0 Å². The lowest BCUT2D eigenvalue weighted by Crippen LogP contribution is -2.48. The van der Waals surface area contributed by atoms with Gasteiger partial charge in [0.05, 0.1) is 54.7 Å². The van der Waals surface area contributed by atoms with Crippen LogP contribution in [0.2, 0.25) is 0 Å². The number of nitrogens with zero attached hydrogens (tertiary/aromatic N) is 5. The standard InChI is InChI=1S/C18H35N5/c1-22(2,3)16-20-11-9-18(14-20)8-7-10-19-12-13-21(15-19)17-23(4,5)6/h9,11-15,18H,7-8,10,16-17H2,1-6H3/q+4. The number of hydrogen-bond donors (Lipinski definition) is 0. The summed E-state index contributed by atoms with van der Waals surface area (Å²) in [5, 5.41) is 0. The van der Waals surface area contributed by atoms with Gasteiger partial charge in [-0.1, -0.05) is 0 Å². The zero-order valence-corrected chi connectivity index (χ0v) is 15.8. The average molecular weight is 322 g/mol. The number of aromatic nitrogens is 2. The first kappa shape index (κ1) is 17.9. The van der Waals surface area contributed by atoms with Gasteiger partial charge in [0.15, 0.2) is 12.4 Å². The molecule has 0 N–H and O–H groups in total. The minimum atomic E-state index is 0.593. The maximum absolute atomic E-state index is 2.37. The zero-order valence-electron chi connectivity index (χ0n) is 15.8. The van der Waals surface area contributed by atoms with Crippen LogP contribution >= 0.6 is 0 Å². The third-order valence-electron chi connectivity index (χ3n) is 3.78. The Morgan fingerprint density at radius 2 is 1.70 bits per heavy atom. The van der Waals surface area contributed by atoms with Crippen molar-refractivity contribution >= 4 is 6.21 Å². The molecule has 5 heteroatoms. The van der Waals surface area contributed by atoms with Crippen LogP contribution in [-0.2, 0) is 13.2 Å². The van der Waals surface area contributed by atoms with Crippen LogP contribution in [0, 0.1) is 5.92 Å². The Morgan fingerprint density at radius 1 is 1.00 bits per heavy atom. The summed E-state index contributed by atoms with van der Waals surface area (Å²) >= 11 is 0.